The Bertz CT molecular complexity index is 1230. The van der Waals surface area contributed by atoms with E-state index >= 15 is 0 Å². The van der Waals surface area contributed by atoms with E-state index in [0.717, 1.165) is 19.3 Å². The van der Waals surface area contributed by atoms with Crippen molar-refractivity contribution < 1.29 is 28.9 Å². The Kier molecular flexibility index (Phi) is 3.61. The van der Waals surface area contributed by atoms with E-state index in [4.69, 9.17) is 14.2 Å². The highest BCUT2D eigenvalue weighted by molar-refractivity contribution is 5.91. The van der Waals surface area contributed by atoms with Gasteiger partial charge in [0.15, 0.2) is 0 Å². The number of hydrogen-bond donors (Lipinski definition) is 1. The van der Waals surface area contributed by atoms with Gasteiger partial charge in [-0.25, -0.2) is 4.79 Å². The minimum absolute atomic E-state index is 0.0230. The predicted molar refractivity (Wildman–Crippen MR) is 129 cm³/mol. The molecule has 8 rings (SSSR count). The fraction of sp³-hybridized carbons (Fsp3) is 0.733. The van der Waals surface area contributed by atoms with E-state index in [-0.39, 0.29) is 59.0 Å². The molecule has 192 valence electrons. The molecule has 12 atom stereocenters. The van der Waals surface area contributed by atoms with Crippen LogP contribution >= 0.6 is 0 Å². The van der Waals surface area contributed by atoms with Gasteiger partial charge in [-0.2, -0.15) is 0 Å². The van der Waals surface area contributed by atoms with Gasteiger partial charge in [0.05, 0.1) is 16.6 Å². The highest BCUT2D eigenvalue weighted by atomic mass is 16.6. The molecule has 36 heavy (non-hydrogen) atoms. The third-order valence-electron chi connectivity index (χ3n) is 13.0. The molecule has 2 spiro atoms. The summed E-state index contributed by atoms with van der Waals surface area (Å²) < 4.78 is 19.0. The Hall–Kier alpha value is -1.92. The quantitative estimate of drug-likeness (QED) is 0.238. The molecule has 3 saturated carbocycles. The first-order valence-electron chi connectivity index (χ1n) is 13.8. The van der Waals surface area contributed by atoms with E-state index in [1.165, 1.54) is 5.57 Å². The first-order chi connectivity index (χ1) is 16.9. The molecule has 3 saturated heterocycles. The Morgan fingerprint density at radius 1 is 1.06 bits per heavy atom. The van der Waals surface area contributed by atoms with Crippen molar-refractivity contribution in [3.8, 4) is 0 Å². The van der Waals surface area contributed by atoms with Crippen LogP contribution in [0.25, 0.3) is 0 Å². The van der Waals surface area contributed by atoms with Gasteiger partial charge < -0.3 is 19.3 Å². The zero-order chi connectivity index (χ0) is 25.3. The second-order valence-electron chi connectivity index (χ2n) is 14.0. The highest BCUT2D eigenvalue weighted by Gasteiger charge is 2.85. The van der Waals surface area contributed by atoms with Gasteiger partial charge in [0.2, 0.25) is 0 Å². The van der Waals surface area contributed by atoms with E-state index in [2.05, 4.69) is 45.6 Å². The van der Waals surface area contributed by atoms with Gasteiger partial charge in [-0.15, -0.1) is 0 Å². The summed E-state index contributed by atoms with van der Waals surface area (Å²) in [5.41, 5.74) is -1.71. The van der Waals surface area contributed by atoms with Gasteiger partial charge in [-0.05, 0) is 59.3 Å². The maximum atomic E-state index is 14.3. The first kappa shape index (κ1) is 22.1. The molecule has 6 heteroatoms. The topological polar surface area (TPSA) is 85.4 Å². The summed E-state index contributed by atoms with van der Waals surface area (Å²) in [4.78, 5) is 27.0. The van der Waals surface area contributed by atoms with Crippen molar-refractivity contribution in [1.82, 2.24) is 0 Å². The standard InChI is InChI=1S/C30H36O6/c1-15-6-11-30-19(15)21-18(8-10-27(30,5)36-30)29(24(32)35-21)14-28-13-12-25(29,3)22(28)20-17(7-9-26(28,4)33)16(2)23(31)34-20/h6,12-13,17-22,33H,2,7-11,14H2,1,3-5H3/t17-,18+,19+,20-,21-,22-,25-,26+,27-,28?,29+,30+/m0/s1. The molecule has 6 nitrogen and oxygen atoms in total. The normalized spacial score (nSPS) is 61.5. The summed E-state index contributed by atoms with van der Waals surface area (Å²) in [7, 11) is 0. The molecule has 0 aromatic rings. The van der Waals surface area contributed by atoms with Crippen LogP contribution in [0.3, 0.4) is 0 Å². The van der Waals surface area contributed by atoms with Gasteiger partial charge in [0.1, 0.15) is 17.8 Å². The van der Waals surface area contributed by atoms with Gasteiger partial charge in [0.25, 0.3) is 0 Å². The van der Waals surface area contributed by atoms with Crippen molar-refractivity contribution >= 4 is 11.9 Å². The van der Waals surface area contributed by atoms with E-state index in [1.54, 1.807) is 0 Å². The molecule has 8 aliphatic rings. The molecule has 0 radical (unpaired) electrons. The average Bonchev–Trinajstić information content (AvgIpc) is 3.13. The summed E-state index contributed by atoms with van der Waals surface area (Å²) in [5.74, 6) is -0.687. The van der Waals surface area contributed by atoms with Gasteiger partial charge >= 0.3 is 11.9 Å². The van der Waals surface area contributed by atoms with Crippen molar-refractivity contribution in [2.24, 2.45) is 39.9 Å². The van der Waals surface area contributed by atoms with E-state index < -0.39 is 21.8 Å². The average molecular weight is 493 g/mol. The Labute approximate surface area is 212 Å². The van der Waals surface area contributed by atoms with Crippen molar-refractivity contribution in [3.63, 3.8) is 0 Å². The van der Waals surface area contributed by atoms with Crippen LogP contribution in [0.5, 0.6) is 0 Å². The van der Waals surface area contributed by atoms with E-state index in [9.17, 15) is 14.7 Å². The second-order valence-corrected chi connectivity index (χ2v) is 14.0. The van der Waals surface area contributed by atoms with Crippen LogP contribution in [0.1, 0.15) is 66.2 Å². The zero-order valence-electron chi connectivity index (χ0n) is 21.6. The highest BCUT2D eigenvalue weighted by Crippen LogP contribution is 2.81. The van der Waals surface area contributed by atoms with Crippen LogP contribution in [-0.2, 0) is 23.8 Å². The number of rotatable bonds is 0. The number of carbonyl (C=O) groups excluding carboxylic acids is 2. The maximum Gasteiger partial charge on any atom is 0.334 e. The minimum atomic E-state index is -1.03. The molecule has 6 fully saturated rings. The Morgan fingerprint density at radius 3 is 2.61 bits per heavy atom. The van der Waals surface area contributed by atoms with Crippen molar-refractivity contribution in [1.29, 1.82) is 0 Å². The van der Waals surface area contributed by atoms with Crippen molar-refractivity contribution in [2.45, 2.75) is 95.2 Å². The Balaban J connectivity index is 1.31. The summed E-state index contributed by atoms with van der Waals surface area (Å²) in [6, 6.07) is 0. The number of carbonyl (C=O) groups is 2. The van der Waals surface area contributed by atoms with Gasteiger partial charge in [-0.1, -0.05) is 37.3 Å². The largest absolute Gasteiger partial charge is 0.461 e. The molecular formula is C30H36O6. The predicted octanol–water partition coefficient (Wildman–Crippen LogP) is 4.03. The lowest BCUT2D eigenvalue weighted by molar-refractivity contribution is -0.155. The van der Waals surface area contributed by atoms with Crippen LogP contribution in [0.2, 0.25) is 0 Å². The minimum Gasteiger partial charge on any atom is -0.461 e. The zero-order valence-corrected chi connectivity index (χ0v) is 21.6. The monoisotopic (exact) mass is 492 g/mol. The van der Waals surface area contributed by atoms with Crippen molar-refractivity contribution in [2.75, 3.05) is 0 Å². The molecule has 0 aromatic heterocycles. The van der Waals surface area contributed by atoms with E-state index in [0.29, 0.717) is 24.8 Å². The number of esters is 2. The molecule has 0 aromatic carbocycles. The lowest BCUT2D eigenvalue weighted by Crippen LogP contribution is -2.49. The summed E-state index contributed by atoms with van der Waals surface area (Å²) >= 11 is 0. The molecule has 3 aliphatic heterocycles. The lowest BCUT2D eigenvalue weighted by Gasteiger charge is -2.45. The number of allylic oxidation sites excluding steroid dienone is 1. The number of hydrogen-bond acceptors (Lipinski definition) is 6. The van der Waals surface area contributed by atoms with Gasteiger partial charge in [0, 0.05) is 40.1 Å². The number of ether oxygens (including phenoxy) is 3. The summed E-state index contributed by atoms with van der Waals surface area (Å²) in [6.45, 7) is 12.6. The first-order valence-corrected chi connectivity index (χ1v) is 13.8. The third-order valence-corrected chi connectivity index (χ3v) is 13.0. The summed E-state index contributed by atoms with van der Waals surface area (Å²) in [5, 5.41) is 12.1. The maximum absolute atomic E-state index is 14.3. The molecule has 5 aliphatic carbocycles. The van der Waals surface area contributed by atoms with Crippen molar-refractivity contribution in [3.05, 3.63) is 36.0 Å². The van der Waals surface area contributed by atoms with Crippen LogP contribution in [0, 0.1) is 39.9 Å². The fourth-order valence-corrected chi connectivity index (χ4v) is 11.0. The summed E-state index contributed by atoms with van der Waals surface area (Å²) in [6.07, 6.45) is 10.4. The molecule has 1 N–H and O–H groups in total. The number of aliphatic hydroxyl groups is 1. The fourth-order valence-electron chi connectivity index (χ4n) is 11.0. The Morgan fingerprint density at radius 2 is 1.83 bits per heavy atom. The molecular weight excluding hydrogens is 456 g/mol. The number of fused-ring (bicyclic) bond motifs is 5. The van der Waals surface area contributed by atoms with Crippen LogP contribution < -0.4 is 0 Å². The molecule has 2 bridgehead atoms. The van der Waals surface area contributed by atoms with Crippen LogP contribution in [0.15, 0.2) is 36.0 Å². The van der Waals surface area contributed by atoms with Crippen LogP contribution in [0.4, 0.5) is 0 Å². The molecule has 0 amide bonds. The molecule has 1 unspecified atom stereocenters. The lowest BCUT2D eigenvalue weighted by atomic mass is 9.55. The SMILES string of the molecule is C=C1C(=O)O[C@@H]2[C@@H]3C4(C=C[C@]3(C)[C@@]3(C4)C(=O)O[C@H]4[C@H]3CC[C@]3(C)O[C@@]35CC=C(C)[C@H]45)[C@](C)(O)CC[C@@H]12. The third kappa shape index (κ3) is 1.95. The van der Waals surface area contributed by atoms with Gasteiger partial charge in [-0.3, -0.25) is 4.79 Å². The molecule has 3 heterocycles. The van der Waals surface area contributed by atoms with Crippen LogP contribution in [-0.4, -0.2) is 46.1 Å². The van der Waals surface area contributed by atoms with E-state index in [1.807, 2.05) is 6.92 Å². The smallest absolute Gasteiger partial charge is 0.334 e. The second kappa shape index (κ2) is 5.88. The number of epoxide rings is 1.